The smallest absolute Gasteiger partial charge is 0.117 e. The van der Waals surface area contributed by atoms with E-state index in [1.807, 2.05) is 24.3 Å². The first-order valence-corrected chi connectivity index (χ1v) is 6.92. The molecular formula is C13H17NO2S. The first-order chi connectivity index (χ1) is 8.38. The molecular weight excluding hydrogens is 234 g/mol. The van der Waals surface area contributed by atoms with Crippen LogP contribution in [-0.4, -0.2) is 6.54 Å². The van der Waals surface area contributed by atoms with Crippen LogP contribution >= 0.6 is 11.8 Å². The second-order valence-corrected chi connectivity index (χ2v) is 4.71. The van der Waals surface area contributed by atoms with Crippen LogP contribution in [0, 0.1) is 0 Å². The minimum Gasteiger partial charge on any atom is -0.468 e. The Bertz CT molecular complexity index is 422. The lowest BCUT2D eigenvalue weighted by Crippen LogP contribution is -2.10. The average Bonchev–Trinajstić information content (AvgIpc) is 2.98. The molecule has 0 atom stereocenters. The van der Waals surface area contributed by atoms with E-state index in [1.54, 1.807) is 18.0 Å². The maximum atomic E-state index is 5.69. The summed E-state index contributed by atoms with van der Waals surface area (Å²) in [6.45, 7) is 3.85. The molecule has 2 aromatic heterocycles. The number of nitrogens with one attached hydrogen (secondary N) is 1. The van der Waals surface area contributed by atoms with Crippen molar-refractivity contribution in [3.63, 3.8) is 0 Å². The Hall–Kier alpha value is -1.13. The van der Waals surface area contributed by atoms with Crippen molar-refractivity contribution >= 4 is 11.8 Å². The molecule has 92 valence electrons. The van der Waals surface area contributed by atoms with Crippen molar-refractivity contribution < 1.29 is 8.83 Å². The van der Waals surface area contributed by atoms with Crippen LogP contribution in [0.3, 0.4) is 0 Å². The van der Waals surface area contributed by atoms with Crippen molar-refractivity contribution in [1.82, 2.24) is 5.32 Å². The van der Waals surface area contributed by atoms with Crippen molar-refractivity contribution in [1.29, 1.82) is 0 Å². The van der Waals surface area contributed by atoms with E-state index in [0.29, 0.717) is 0 Å². The van der Waals surface area contributed by atoms with Crippen LogP contribution in [0.25, 0.3) is 0 Å². The van der Waals surface area contributed by atoms with E-state index in [1.165, 1.54) is 0 Å². The van der Waals surface area contributed by atoms with Gasteiger partial charge < -0.3 is 14.2 Å². The molecule has 0 aliphatic rings. The van der Waals surface area contributed by atoms with Gasteiger partial charge in [0.25, 0.3) is 0 Å². The summed E-state index contributed by atoms with van der Waals surface area (Å²) in [5.41, 5.74) is 0. The molecule has 0 spiro atoms. The topological polar surface area (TPSA) is 38.3 Å². The zero-order valence-corrected chi connectivity index (χ0v) is 10.8. The lowest BCUT2D eigenvalue weighted by atomic mass is 10.4. The molecule has 4 heteroatoms. The monoisotopic (exact) mass is 251 g/mol. The Morgan fingerprint density at radius 1 is 1.12 bits per heavy atom. The van der Waals surface area contributed by atoms with Gasteiger partial charge in [0, 0.05) is 0 Å². The lowest BCUT2D eigenvalue weighted by molar-refractivity contribution is 0.462. The number of thioether (sulfide) groups is 1. The quantitative estimate of drug-likeness (QED) is 0.818. The number of rotatable bonds is 7. The minimum absolute atomic E-state index is 0.805. The molecule has 0 saturated carbocycles. The maximum Gasteiger partial charge on any atom is 0.117 e. The van der Waals surface area contributed by atoms with Gasteiger partial charge in [0.1, 0.15) is 17.3 Å². The third-order valence-corrected chi connectivity index (χ3v) is 3.31. The SMILES string of the molecule is CCNCc1ccc(CSCc2ccco2)o1. The Labute approximate surface area is 106 Å². The number of hydrogen-bond acceptors (Lipinski definition) is 4. The Morgan fingerprint density at radius 3 is 2.71 bits per heavy atom. The molecule has 0 aliphatic carbocycles. The summed E-state index contributed by atoms with van der Waals surface area (Å²) in [6, 6.07) is 7.98. The van der Waals surface area contributed by atoms with Crippen molar-refractivity contribution in [2.75, 3.05) is 6.54 Å². The fourth-order valence-corrected chi connectivity index (χ4v) is 2.31. The van der Waals surface area contributed by atoms with Crippen LogP contribution < -0.4 is 5.32 Å². The summed E-state index contributed by atoms with van der Waals surface area (Å²) < 4.78 is 11.0. The third kappa shape index (κ3) is 3.98. The first kappa shape index (κ1) is 12.3. The van der Waals surface area contributed by atoms with E-state index in [4.69, 9.17) is 8.83 Å². The molecule has 0 fully saturated rings. The van der Waals surface area contributed by atoms with Gasteiger partial charge >= 0.3 is 0 Å². The van der Waals surface area contributed by atoms with Crippen molar-refractivity contribution in [2.24, 2.45) is 0 Å². The molecule has 0 aliphatic heterocycles. The van der Waals surface area contributed by atoms with Crippen LogP contribution in [0.15, 0.2) is 39.4 Å². The van der Waals surface area contributed by atoms with Gasteiger partial charge in [-0.25, -0.2) is 0 Å². The molecule has 2 aromatic rings. The van der Waals surface area contributed by atoms with Gasteiger partial charge in [-0.3, -0.25) is 0 Å². The zero-order valence-electron chi connectivity index (χ0n) is 9.94. The van der Waals surface area contributed by atoms with E-state index in [2.05, 4.69) is 12.2 Å². The molecule has 0 bridgehead atoms. The highest BCUT2D eigenvalue weighted by molar-refractivity contribution is 7.97. The van der Waals surface area contributed by atoms with Gasteiger partial charge in [0.15, 0.2) is 0 Å². The van der Waals surface area contributed by atoms with Crippen LogP contribution in [0.5, 0.6) is 0 Å². The van der Waals surface area contributed by atoms with Crippen molar-refractivity contribution in [3.8, 4) is 0 Å². The molecule has 2 rings (SSSR count). The average molecular weight is 251 g/mol. The Balaban J connectivity index is 1.73. The maximum absolute atomic E-state index is 5.69. The molecule has 0 amide bonds. The Morgan fingerprint density at radius 2 is 1.94 bits per heavy atom. The van der Waals surface area contributed by atoms with Crippen molar-refractivity contribution in [3.05, 3.63) is 47.8 Å². The third-order valence-electron chi connectivity index (χ3n) is 2.34. The molecule has 3 nitrogen and oxygen atoms in total. The highest BCUT2D eigenvalue weighted by Gasteiger charge is 2.02. The predicted molar refractivity (Wildman–Crippen MR) is 69.8 cm³/mol. The number of hydrogen-bond donors (Lipinski definition) is 1. The van der Waals surface area contributed by atoms with E-state index in [9.17, 15) is 0 Å². The van der Waals surface area contributed by atoms with Crippen molar-refractivity contribution in [2.45, 2.75) is 25.0 Å². The fraction of sp³-hybridized carbons (Fsp3) is 0.385. The van der Waals surface area contributed by atoms with Crippen LogP contribution in [0.2, 0.25) is 0 Å². The van der Waals surface area contributed by atoms with E-state index < -0.39 is 0 Å². The summed E-state index contributed by atoms with van der Waals surface area (Å²) in [5.74, 6) is 4.80. The highest BCUT2D eigenvalue weighted by Crippen LogP contribution is 2.19. The second-order valence-electron chi connectivity index (χ2n) is 3.72. The summed E-state index contributed by atoms with van der Waals surface area (Å²) in [4.78, 5) is 0. The fourth-order valence-electron chi connectivity index (χ4n) is 1.49. The number of furan rings is 2. The van der Waals surface area contributed by atoms with Gasteiger partial charge in [-0.1, -0.05) is 6.92 Å². The summed E-state index contributed by atoms with van der Waals surface area (Å²) in [5, 5.41) is 3.24. The predicted octanol–water partition coefficient (Wildman–Crippen LogP) is 3.42. The van der Waals surface area contributed by atoms with E-state index >= 15 is 0 Å². The highest BCUT2D eigenvalue weighted by atomic mass is 32.2. The minimum atomic E-state index is 0.805. The Kier molecular flexibility index (Phi) is 4.76. The molecule has 1 N–H and O–H groups in total. The second kappa shape index (κ2) is 6.57. The molecule has 2 heterocycles. The zero-order chi connectivity index (χ0) is 11.9. The molecule has 0 saturated heterocycles. The van der Waals surface area contributed by atoms with Crippen LogP contribution in [0.1, 0.15) is 24.2 Å². The van der Waals surface area contributed by atoms with Gasteiger partial charge in [-0.05, 0) is 30.8 Å². The molecule has 17 heavy (non-hydrogen) atoms. The molecule has 0 radical (unpaired) electrons. The first-order valence-electron chi connectivity index (χ1n) is 5.77. The van der Waals surface area contributed by atoms with Gasteiger partial charge in [-0.15, -0.1) is 11.8 Å². The lowest BCUT2D eigenvalue weighted by Gasteiger charge is -1.98. The van der Waals surface area contributed by atoms with Gasteiger partial charge in [0.2, 0.25) is 0 Å². The van der Waals surface area contributed by atoms with E-state index in [-0.39, 0.29) is 0 Å². The normalized spacial score (nSPS) is 10.9. The standard InChI is InChI=1S/C13H17NO2S/c1-2-14-8-11-5-6-13(16-11)10-17-9-12-4-3-7-15-12/h3-7,14H,2,8-10H2,1H3. The molecule has 0 unspecified atom stereocenters. The van der Waals surface area contributed by atoms with Crippen LogP contribution in [0.4, 0.5) is 0 Å². The van der Waals surface area contributed by atoms with Gasteiger partial charge in [-0.2, -0.15) is 0 Å². The molecule has 0 aromatic carbocycles. The summed E-state index contributed by atoms with van der Waals surface area (Å²) >= 11 is 1.79. The summed E-state index contributed by atoms with van der Waals surface area (Å²) in [7, 11) is 0. The van der Waals surface area contributed by atoms with Gasteiger partial charge in [0.05, 0.1) is 24.3 Å². The summed E-state index contributed by atoms with van der Waals surface area (Å²) in [6.07, 6.45) is 1.71. The largest absolute Gasteiger partial charge is 0.468 e. The van der Waals surface area contributed by atoms with Crippen LogP contribution in [-0.2, 0) is 18.1 Å². The van der Waals surface area contributed by atoms with E-state index in [0.717, 1.165) is 41.9 Å².